The molecule has 0 saturated carbocycles. The van der Waals surface area contributed by atoms with E-state index >= 15 is 0 Å². The van der Waals surface area contributed by atoms with Crippen LogP contribution < -0.4 is 10.5 Å². The van der Waals surface area contributed by atoms with Gasteiger partial charge in [-0.2, -0.15) is 0 Å². The summed E-state index contributed by atoms with van der Waals surface area (Å²) >= 11 is 0. The Morgan fingerprint density at radius 1 is 0.952 bits per heavy atom. The average Bonchev–Trinajstić information content (AvgIpc) is 3.04. The number of hydrogen-bond donors (Lipinski definition) is 2. The minimum absolute atomic E-state index is 0.517. The number of aromatic amines is 1. The maximum atomic E-state index is 5.47. The van der Waals surface area contributed by atoms with Gasteiger partial charge in [0, 0.05) is 12.1 Å². The van der Waals surface area contributed by atoms with Crippen molar-refractivity contribution >= 4 is 0 Å². The Labute approximate surface area is 123 Å². The van der Waals surface area contributed by atoms with Gasteiger partial charge >= 0.3 is 0 Å². The number of imidazole rings is 1. The summed E-state index contributed by atoms with van der Waals surface area (Å²) in [6, 6.07) is 18.0. The third-order valence-corrected chi connectivity index (χ3v) is 3.17. The van der Waals surface area contributed by atoms with Crippen molar-refractivity contribution in [2.45, 2.75) is 0 Å². The fourth-order valence-corrected chi connectivity index (χ4v) is 2.12. The summed E-state index contributed by atoms with van der Waals surface area (Å²) in [5.41, 5.74) is 8.55. The van der Waals surface area contributed by atoms with Crippen molar-refractivity contribution < 1.29 is 4.74 Å². The molecule has 3 rings (SSSR count). The lowest BCUT2D eigenvalue weighted by Crippen LogP contribution is -2.10. The molecule has 0 atom stereocenters. The topological polar surface area (TPSA) is 63.9 Å². The van der Waals surface area contributed by atoms with Crippen molar-refractivity contribution in [1.29, 1.82) is 0 Å². The van der Waals surface area contributed by atoms with Gasteiger partial charge in [-0.3, -0.25) is 0 Å². The number of aromatic nitrogens is 2. The maximum absolute atomic E-state index is 5.47. The smallest absolute Gasteiger partial charge is 0.137 e. The lowest BCUT2D eigenvalue weighted by molar-refractivity contribution is 0.328. The number of nitrogens with one attached hydrogen (secondary N) is 1. The van der Waals surface area contributed by atoms with E-state index in [-0.39, 0.29) is 0 Å². The lowest BCUT2D eigenvalue weighted by Gasteiger charge is -2.04. The Hall–Kier alpha value is -2.59. The van der Waals surface area contributed by atoms with Crippen LogP contribution in [0.2, 0.25) is 0 Å². The Morgan fingerprint density at radius 3 is 2.43 bits per heavy atom. The normalized spacial score (nSPS) is 10.5. The minimum Gasteiger partial charge on any atom is -0.492 e. The summed E-state index contributed by atoms with van der Waals surface area (Å²) in [5.74, 6) is 1.70. The molecule has 106 valence electrons. The van der Waals surface area contributed by atoms with Crippen LogP contribution in [0.25, 0.3) is 22.6 Å². The van der Waals surface area contributed by atoms with Crippen molar-refractivity contribution in [1.82, 2.24) is 9.97 Å². The molecule has 2 aromatic carbocycles. The van der Waals surface area contributed by atoms with Gasteiger partial charge in [0.15, 0.2) is 0 Å². The Morgan fingerprint density at radius 2 is 1.71 bits per heavy atom. The van der Waals surface area contributed by atoms with E-state index < -0.39 is 0 Å². The first-order valence-corrected chi connectivity index (χ1v) is 6.90. The van der Waals surface area contributed by atoms with Gasteiger partial charge < -0.3 is 15.5 Å². The molecule has 0 aliphatic heterocycles. The predicted molar refractivity (Wildman–Crippen MR) is 84.0 cm³/mol. The Kier molecular flexibility index (Phi) is 3.98. The third kappa shape index (κ3) is 3.12. The molecule has 21 heavy (non-hydrogen) atoms. The van der Waals surface area contributed by atoms with Crippen LogP contribution >= 0.6 is 0 Å². The van der Waals surface area contributed by atoms with E-state index in [4.69, 9.17) is 10.5 Å². The van der Waals surface area contributed by atoms with Crippen LogP contribution in [0.15, 0.2) is 60.8 Å². The molecule has 3 N–H and O–H groups in total. The van der Waals surface area contributed by atoms with Crippen molar-refractivity contribution in [2.24, 2.45) is 5.73 Å². The predicted octanol–water partition coefficient (Wildman–Crippen LogP) is 3.08. The third-order valence-electron chi connectivity index (χ3n) is 3.17. The van der Waals surface area contributed by atoms with E-state index in [1.807, 2.05) is 60.8 Å². The summed E-state index contributed by atoms with van der Waals surface area (Å²) in [6.07, 6.45) is 1.85. The number of nitrogens with two attached hydrogens (primary N) is 1. The van der Waals surface area contributed by atoms with Gasteiger partial charge in [0.1, 0.15) is 18.2 Å². The second-order valence-electron chi connectivity index (χ2n) is 4.67. The molecule has 0 aliphatic carbocycles. The molecule has 1 aromatic heterocycles. The highest BCUT2D eigenvalue weighted by Gasteiger charge is 2.05. The zero-order valence-corrected chi connectivity index (χ0v) is 11.6. The van der Waals surface area contributed by atoms with Gasteiger partial charge in [-0.25, -0.2) is 4.98 Å². The summed E-state index contributed by atoms with van der Waals surface area (Å²) in [4.78, 5) is 7.77. The van der Waals surface area contributed by atoms with E-state index in [0.29, 0.717) is 13.2 Å². The van der Waals surface area contributed by atoms with Crippen LogP contribution in [-0.2, 0) is 0 Å². The molecule has 0 bridgehead atoms. The molecule has 0 fully saturated rings. The van der Waals surface area contributed by atoms with E-state index in [2.05, 4.69) is 9.97 Å². The second-order valence-corrected chi connectivity index (χ2v) is 4.67. The van der Waals surface area contributed by atoms with Crippen LogP contribution in [0, 0.1) is 0 Å². The number of hydrogen-bond acceptors (Lipinski definition) is 3. The molecule has 0 saturated heterocycles. The second kappa shape index (κ2) is 6.24. The Balaban J connectivity index is 1.80. The number of nitrogens with zero attached hydrogens (tertiary/aromatic N) is 1. The summed E-state index contributed by atoms with van der Waals surface area (Å²) in [7, 11) is 0. The molecule has 1 heterocycles. The van der Waals surface area contributed by atoms with Crippen LogP contribution in [0.1, 0.15) is 0 Å². The number of ether oxygens (including phenoxy) is 1. The number of rotatable bonds is 5. The van der Waals surface area contributed by atoms with E-state index in [1.165, 1.54) is 0 Å². The average molecular weight is 279 g/mol. The first-order valence-electron chi connectivity index (χ1n) is 6.90. The minimum atomic E-state index is 0.517. The van der Waals surface area contributed by atoms with Gasteiger partial charge in [-0.1, -0.05) is 30.3 Å². The number of benzene rings is 2. The summed E-state index contributed by atoms with van der Waals surface area (Å²) < 4.78 is 5.47. The first-order chi connectivity index (χ1) is 10.4. The monoisotopic (exact) mass is 279 g/mol. The highest BCUT2D eigenvalue weighted by molar-refractivity contribution is 5.64. The largest absolute Gasteiger partial charge is 0.492 e. The highest BCUT2D eigenvalue weighted by Crippen LogP contribution is 2.23. The fraction of sp³-hybridized carbons (Fsp3) is 0.118. The zero-order valence-electron chi connectivity index (χ0n) is 11.6. The number of H-pyrrole nitrogens is 1. The molecule has 0 amide bonds. The van der Waals surface area contributed by atoms with Gasteiger partial charge in [0.2, 0.25) is 0 Å². The van der Waals surface area contributed by atoms with E-state index in [0.717, 1.165) is 28.4 Å². The van der Waals surface area contributed by atoms with Crippen molar-refractivity contribution in [3.05, 3.63) is 60.8 Å². The molecule has 0 unspecified atom stereocenters. The van der Waals surface area contributed by atoms with Crippen molar-refractivity contribution in [3.8, 4) is 28.4 Å². The van der Waals surface area contributed by atoms with Crippen LogP contribution in [-0.4, -0.2) is 23.1 Å². The van der Waals surface area contributed by atoms with E-state index in [1.54, 1.807) is 0 Å². The van der Waals surface area contributed by atoms with E-state index in [9.17, 15) is 0 Å². The van der Waals surface area contributed by atoms with Crippen molar-refractivity contribution in [2.75, 3.05) is 13.2 Å². The highest BCUT2D eigenvalue weighted by atomic mass is 16.5. The molecular formula is C17H17N3O. The molecular weight excluding hydrogens is 262 g/mol. The SMILES string of the molecule is NCCOc1ccc(-c2cnc(-c3ccccc3)[nH]2)cc1. The zero-order chi connectivity index (χ0) is 14.5. The molecule has 3 aromatic rings. The summed E-state index contributed by atoms with van der Waals surface area (Å²) in [5, 5.41) is 0. The van der Waals surface area contributed by atoms with Gasteiger partial charge in [-0.15, -0.1) is 0 Å². The van der Waals surface area contributed by atoms with Gasteiger partial charge in [0.25, 0.3) is 0 Å². The van der Waals surface area contributed by atoms with Gasteiger partial charge in [-0.05, 0) is 29.8 Å². The Bertz CT molecular complexity index is 690. The molecule has 0 spiro atoms. The van der Waals surface area contributed by atoms with Gasteiger partial charge in [0.05, 0.1) is 11.9 Å². The summed E-state index contributed by atoms with van der Waals surface area (Å²) in [6.45, 7) is 1.05. The standard InChI is InChI=1S/C17H17N3O/c18-10-11-21-15-8-6-13(7-9-15)16-12-19-17(20-16)14-4-2-1-3-5-14/h1-9,12H,10-11,18H2,(H,19,20). The molecule has 4 heteroatoms. The van der Waals surface area contributed by atoms with Crippen LogP contribution in [0.4, 0.5) is 0 Å². The van der Waals surface area contributed by atoms with Crippen molar-refractivity contribution in [3.63, 3.8) is 0 Å². The molecule has 0 aliphatic rings. The quantitative estimate of drug-likeness (QED) is 0.754. The maximum Gasteiger partial charge on any atom is 0.137 e. The molecule has 4 nitrogen and oxygen atoms in total. The van der Waals surface area contributed by atoms with Crippen LogP contribution in [0.3, 0.4) is 0 Å². The van der Waals surface area contributed by atoms with Crippen LogP contribution in [0.5, 0.6) is 5.75 Å². The lowest BCUT2D eigenvalue weighted by atomic mass is 10.1. The fourth-order valence-electron chi connectivity index (χ4n) is 2.12. The molecule has 0 radical (unpaired) electrons. The first kappa shape index (κ1) is 13.4.